The maximum absolute atomic E-state index is 13.8. The molecule has 20 heavy (non-hydrogen) atoms. The highest BCUT2D eigenvalue weighted by Gasteiger charge is 2.13. The lowest BCUT2D eigenvalue weighted by atomic mass is 10.1. The second-order valence-electron chi connectivity index (χ2n) is 4.64. The number of rotatable bonds is 3. The van der Waals surface area contributed by atoms with E-state index in [-0.39, 0.29) is 11.9 Å². The Hall–Kier alpha value is -2.50. The largest absolute Gasteiger partial charge is 0.363 e. The molecular formula is C14H14FN5. The maximum Gasteiger partial charge on any atom is 0.254 e. The summed E-state index contributed by atoms with van der Waals surface area (Å²) in [4.78, 5) is 8.33. The third-order valence-electron chi connectivity index (χ3n) is 3.12. The number of hydrogen-bond acceptors (Lipinski definition) is 4. The molecule has 0 bridgehead atoms. The number of halogens is 1. The molecule has 0 saturated carbocycles. The average Bonchev–Trinajstić information content (AvgIpc) is 2.87. The number of fused-ring (bicyclic) bond motifs is 1. The molecule has 2 heterocycles. The van der Waals surface area contributed by atoms with Crippen LogP contribution in [0.3, 0.4) is 0 Å². The van der Waals surface area contributed by atoms with Crippen LogP contribution in [0.4, 0.5) is 10.2 Å². The normalized spacial score (nSPS) is 12.6. The number of nitrogens with one attached hydrogen (secondary N) is 1. The van der Waals surface area contributed by atoms with E-state index in [9.17, 15) is 4.39 Å². The van der Waals surface area contributed by atoms with Gasteiger partial charge in [-0.1, -0.05) is 18.2 Å². The quantitative estimate of drug-likeness (QED) is 0.795. The van der Waals surface area contributed by atoms with Crippen LogP contribution in [-0.4, -0.2) is 19.6 Å². The zero-order valence-electron chi connectivity index (χ0n) is 11.2. The molecule has 3 aromatic rings. The smallest absolute Gasteiger partial charge is 0.254 e. The van der Waals surface area contributed by atoms with Crippen LogP contribution in [0.2, 0.25) is 0 Å². The monoisotopic (exact) mass is 271 g/mol. The standard InChI is InChI=1S/C14H14FN5/c1-9-7-13(20-14(18-9)16-8-17-20)19-10(2)11-5-3-4-6-12(11)15/h3-8,10,19H,1-2H3. The minimum atomic E-state index is -0.229. The Balaban J connectivity index is 1.97. The van der Waals surface area contributed by atoms with Crippen LogP contribution in [0.25, 0.3) is 5.78 Å². The number of nitrogens with zero attached hydrogens (tertiary/aromatic N) is 4. The van der Waals surface area contributed by atoms with Gasteiger partial charge in [0.15, 0.2) is 0 Å². The summed E-state index contributed by atoms with van der Waals surface area (Å²) < 4.78 is 15.4. The van der Waals surface area contributed by atoms with Crippen molar-refractivity contribution in [2.24, 2.45) is 0 Å². The predicted octanol–water partition coefficient (Wildman–Crippen LogP) is 2.74. The van der Waals surface area contributed by atoms with Crippen LogP contribution >= 0.6 is 0 Å². The molecule has 102 valence electrons. The lowest BCUT2D eigenvalue weighted by Crippen LogP contribution is -2.12. The fourth-order valence-corrected chi connectivity index (χ4v) is 2.16. The number of aryl methyl sites for hydroxylation is 1. The van der Waals surface area contributed by atoms with Crippen molar-refractivity contribution in [1.82, 2.24) is 19.6 Å². The summed E-state index contributed by atoms with van der Waals surface area (Å²) in [6.07, 6.45) is 1.45. The Morgan fingerprint density at radius 3 is 2.90 bits per heavy atom. The highest BCUT2D eigenvalue weighted by molar-refractivity contribution is 5.46. The van der Waals surface area contributed by atoms with Crippen molar-refractivity contribution in [1.29, 1.82) is 0 Å². The minimum absolute atomic E-state index is 0.189. The Morgan fingerprint density at radius 2 is 2.10 bits per heavy atom. The predicted molar refractivity (Wildman–Crippen MR) is 74.0 cm³/mol. The summed E-state index contributed by atoms with van der Waals surface area (Å²) in [5.74, 6) is 1.03. The molecule has 1 N–H and O–H groups in total. The van der Waals surface area contributed by atoms with E-state index in [1.54, 1.807) is 16.6 Å². The average molecular weight is 271 g/mol. The molecule has 1 unspecified atom stereocenters. The lowest BCUT2D eigenvalue weighted by Gasteiger charge is -2.17. The lowest BCUT2D eigenvalue weighted by molar-refractivity contribution is 0.599. The minimum Gasteiger partial charge on any atom is -0.363 e. The van der Waals surface area contributed by atoms with Gasteiger partial charge < -0.3 is 5.32 Å². The summed E-state index contributed by atoms with van der Waals surface area (Å²) in [5, 5.41) is 7.37. The molecule has 0 radical (unpaired) electrons. The van der Waals surface area contributed by atoms with Gasteiger partial charge in [0, 0.05) is 17.3 Å². The number of benzene rings is 1. The molecule has 0 aliphatic carbocycles. The molecule has 0 spiro atoms. The van der Waals surface area contributed by atoms with Crippen molar-refractivity contribution in [2.75, 3.05) is 5.32 Å². The summed E-state index contributed by atoms with van der Waals surface area (Å²) in [6, 6.07) is 8.39. The van der Waals surface area contributed by atoms with Gasteiger partial charge in [-0.15, -0.1) is 0 Å². The molecule has 3 rings (SSSR count). The molecule has 0 saturated heterocycles. The molecule has 6 heteroatoms. The van der Waals surface area contributed by atoms with Gasteiger partial charge >= 0.3 is 0 Å². The van der Waals surface area contributed by atoms with E-state index in [1.165, 1.54) is 12.4 Å². The molecule has 0 aliphatic rings. The number of aromatic nitrogens is 4. The van der Waals surface area contributed by atoms with Crippen molar-refractivity contribution < 1.29 is 4.39 Å². The first-order valence-electron chi connectivity index (χ1n) is 6.33. The van der Waals surface area contributed by atoms with E-state index in [0.29, 0.717) is 11.3 Å². The van der Waals surface area contributed by atoms with Crippen molar-refractivity contribution in [3.05, 3.63) is 53.7 Å². The Kier molecular flexibility index (Phi) is 3.06. The third kappa shape index (κ3) is 2.20. The first kappa shape index (κ1) is 12.5. The van der Waals surface area contributed by atoms with Gasteiger partial charge in [-0.3, -0.25) is 0 Å². The summed E-state index contributed by atoms with van der Waals surface area (Å²) >= 11 is 0. The van der Waals surface area contributed by atoms with Gasteiger partial charge in [0.2, 0.25) is 0 Å². The van der Waals surface area contributed by atoms with E-state index in [4.69, 9.17) is 0 Å². The molecule has 0 fully saturated rings. The van der Waals surface area contributed by atoms with Crippen molar-refractivity contribution in [3.8, 4) is 0 Å². The molecule has 1 aromatic carbocycles. The molecule has 1 atom stereocenters. The second-order valence-corrected chi connectivity index (χ2v) is 4.64. The second kappa shape index (κ2) is 4.88. The van der Waals surface area contributed by atoms with Crippen LogP contribution in [0, 0.1) is 12.7 Å². The zero-order chi connectivity index (χ0) is 14.1. The van der Waals surface area contributed by atoms with E-state index >= 15 is 0 Å². The van der Waals surface area contributed by atoms with Gasteiger partial charge in [0.05, 0.1) is 6.04 Å². The molecule has 2 aromatic heterocycles. The fraction of sp³-hybridized carbons (Fsp3) is 0.214. The molecular weight excluding hydrogens is 257 g/mol. The first-order chi connectivity index (χ1) is 9.65. The van der Waals surface area contributed by atoms with Crippen molar-refractivity contribution in [2.45, 2.75) is 19.9 Å². The fourth-order valence-electron chi connectivity index (χ4n) is 2.16. The highest BCUT2D eigenvalue weighted by atomic mass is 19.1. The van der Waals surface area contributed by atoms with Crippen LogP contribution in [-0.2, 0) is 0 Å². The van der Waals surface area contributed by atoms with Crippen LogP contribution in [0.1, 0.15) is 24.2 Å². The van der Waals surface area contributed by atoms with Gasteiger partial charge in [0.1, 0.15) is 18.0 Å². The molecule has 0 aliphatic heterocycles. The first-order valence-corrected chi connectivity index (χ1v) is 6.33. The highest BCUT2D eigenvalue weighted by Crippen LogP contribution is 2.21. The summed E-state index contributed by atoms with van der Waals surface area (Å²) in [5.41, 5.74) is 1.43. The molecule has 5 nitrogen and oxygen atoms in total. The summed E-state index contributed by atoms with van der Waals surface area (Å²) in [6.45, 7) is 3.78. The van der Waals surface area contributed by atoms with Crippen molar-refractivity contribution in [3.63, 3.8) is 0 Å². The maximum atomic E-state index is 13.8. The van der Waals surface area contributed by atoms with Gasteiger partial charge in [-0.2, -0.15) is 14.6 Å². The zero-order valence-corrected chi connectivity index (χ0v) is 11.2. The van der Waals surface area contributed by atoms with Crippen molar-refractivity contribution >= 4 is 11.6 Å². The van der Waals surface area contributed by atoms with E-state index in [0.717, 1.165) is 11.5 Å². The van der Waals surface area contributed by atoms with E-state index < -0.39 is 0 Å². The third-order valence-corrected chi connectivity index (χ3v) is 3.12. The van der Waals surface area contributed by atoms with Gasteiger partial charge in [-0.25, -0.2) is 9.37 Å². The summed E-state index contributed by atoms with van der Waals surface area (Å²) in [7, 11) is 0. The van der Waals surface area contributed by atoms with Gasteiger partial charge in [0.25, 0.3) is 5.78 Å². The number of hydrogen-bond donors (Lipinski definition) is 1. The van der Waals surface area contributed by atoms with E-state index in [2.05, 4.69) is 20.4 Å². The molecule has 0 amide bonds. The van der Waals surface area contributed by atoms with Crippen LogP contribution in [0.15, 0.2) is 36.7 Å². The van der Waals surface area contributed by atoms with Gasteiger partial charge in [-0.05, 0) is 19.9 Å². The topological polar surface area (TPSA) is 55.1 Å². The Labute approximate surface area is 115 Å². The van der Waals surface area contributed by atoms with E-state index in [1.807, 2.05) is 26.0 Å². The Morgan fingerprint density at radius 1 is 1.30 bits per heavy atom. The van der Waals surface area contributed by atoms with Crippen LogP contribution in [0.5, 0.6) is 0 Å². The number of anilines is 1. The van der Waals surface area contributed by atoms with Crippen LogP contribution < -0.4 is 5.32 Å². The Bertz CT molecular complexity index is 752. The SMILES string of the molecule is Cc1cc(NC(C)c2ccccc2F)n2ncnc2n1.